The molecule has 0 bridgehead atoms. The third kappa shape index (κ3) is 2.54. The maximum absolute atomic E-state index is 7.63. The molecule has 1 aromatic rings. The Morgan fingerprint density at radius 3 is 2.56 bits per heavy atom. The first kappa shape index (κ1) is 13.4. The van der Waals surface area contributed by atoms with E-state index >= 15 is 0 Å². The summed E-state index contributed by atoms with van der Waals surface area (Å²) in [5, 5.41) is 8.73. The van der Waals surface area contributed by atoms with Crippen LogP contribution in [0, 0.1) is 10.8 Å². The topological polar surface area (TPSA) is 66.0 Å². The lowest BCUT2D eigenvalue weighted by Crippen LogP contribution is -2.45. The molecule has 98 valence electrons. The molecule has 1 aliphatic heterocycles. The maximum Gasteiger partial charge on any atom is 0.147 e. The van der Waals surface area contributed by atoms with Crippen LogP contribution < -0.4 is 10.6 Å². The van der Waals surface area contributed by atoms with Gasteiger partial charge in [0.1, 0.15) is 5.82 Å². The van der Waals surface area contributed by atoms with Crippen molar-refractivity contribution in [2.24, 2.45) is 11.1 Å². The van der Waals surface area contributed by atoms with Gasteiger partial charge in [0.05, 0.1) is 15.9 Å². The molecule has 0 amide bonds. The molecule has 1 saturated heterocycles. The Labute approximate surface area is 117 Å². The summed E-state index contributed by atoms with van der Waals surface area (Å²) in [7, 11) is 0. The van der Waals surface area contributed by atoms with Gasteiger partial charge in [-0.3, -0.25) is 5.41 Å². The smallest absolute Gasteiger partial charge is 0.147 e. The summed E-state index contributed by atoms with van der Waals surface area (Å²) in [5.74, 6) is 1.02. The van der Waals surface area contributed by atoms with Gasteiger partial charge in [0.2, 0.25) is 0 Å². The third-order valence-electron chi connectivity index (χ3n) is 3.61. The van der Waals surface area contributed by atoms with E-state index in [0.717, 1.165) is 31.7 Å². The highest BCUT2D eigenvalue weighted by molar-refractivity contribution is 6.36. The van der Waals surface area contributed by atoms with E-state index in [-0.39, 0.29) is 11.3 Å². The highest BCUT2D eigenvalue weighted by Crippen LogP contribution is 2.34. The molecule has 0 atom stereocenters. The van der Waals surface area contributed by atoms with Crippen LogP contribution in [0.2, 0.25) is 10.0 Å². The lowest BCUT2D eigenvalue weighted by Gasteiger charge is -2.39. The minimum absolute atomic E-state index is 0.199. The number of hydrogen-bond acceptors (Lipinski definition) is 3. The van der Waals surface area contributed by atoms with Gasteiger partial charge in [0, 0.05) is 24.7 Å². The monoisotopic (exact) mass is 286 g/mol. The summed E-state index contributed by atoms with van der Waals surface area (Å²) in [6.45, 7) is 3.62. The second-order valence-corrected chi connectivity index (χ2v) is 5.76. The van der Waals surface area contributed by atoms with Crippen molar-refractivity contribution < 1.29 is 0 Å². The first-order valence-electron chi connectivity index (χ1n) is 5.83. The van der Waals surface area contributed by atoms with Gasteiger partial charge in [0.15, 0.2) is 0 Å². The molecular weight excluding hydrogens is 271 g/mol. The minimum Gasteiger partial charge on any atom is -0.387 e. The molecule has 2 rings (SSSR count). The molecule has 6 heteroatoms. The Morgan fingerprint density at radius 1 is 1.44 bits per heavy atom. The number of nitrogens with two attached hydrogens (primary N) is 1. The Balaban J connectivity index is 2.12. The van der Waals surface area contributed by atoms with E-state index in [0.29, 0.717) is 10.0 Å². The van der Waals surface area contributed by atoms with Crippen LogP contribution in [-0.4, -0.2) is 23.9 Å². The zero-order chi connectivity index (χ0) is 13.3. The van der Waals surface area contributed by atoms with E-state index in [1.807, 2.05) is 6.92 Å². The number of halogens is 2. The number of rotatable bonds is 2. The van der Waals surface area contributed by atoms with E-state index < -0.39 is 0 Å². The van der Waals surface area contributed by atoms with E-state index in [9.17, 15) is 0 Å². The fraction of sp³-hybridized carbons (Fsp3) is 0.500. The van der Waals surface area contributed by atoms with Crippen molar-refractivity contribution >= 4 is 34.9 Å². The Morgan fingerprint density at radius 2 is 2.06 bits per heavy atom. The van der Waals surface area contributed by atoms with Crippen LogP contribution in [0.15, 0.2) is 12.3 Å². The highest BCUT2D eigenvalue weighted by Gasteiger charge is 2.33. The van der Waals surface area contributed by atoms with E-state index in [1.165, 1.54) is 0 Å². The van der Waals surface area contributed by atoms with Gasteiger partial charge in [0.25, 0.3) is 0 Å². The van der Waals surface area contributed by atoms with Gasteiger partial charge < -0.3 is 10.6 Å². The van der Waals surface area contributed by atoms with Gasteiger partial charge in [-0.25, -0.2) is 4.98 Å². The van der Waals surface area contributed by atoms with Crippen LogP contribution in [0.3, 0.4) is 0 Å². The van der Waals surface area contributed by atoms with Gasteiger partial charge >= 0.3 is 0 Å². The van der Waals surface area contributed by atoms with Crippen molar-refractivity contribution in [1.82, 2.24) is 4.98 Å². The van der Waals surface area contributed by atoms with Crippen LogP contribution in [-0.2, 0) is 0 Å². The molecular formula is C12H16Cl2N4. The first-order valence-corrected chi connectivity index (χ1v) is 6.58. The molecule has 4 nitrogen and oxygen atoms in total. The second kappa shape index (κ2) is 4.94. The van der Waals surface area contributed by atoms with Crippen molar-refractivity contribution in [2.45, 2.75) is 19.8 Å². The molecule has 3 N–H and O–H groups in total. The van der Waals surface area contributed by atoms with Gasteiger partial charge in [-0.2, -0.15) is 0 Å². The molecule has 0 spiro atoms. The largest absolute Gasteiger partial charge is 0.387 e. The minimum atomic E-state index is -0.199. The van der Waals surface area contributed by atoms with Crippen molar-refractivity contribution in [3.63, 3.8) is 0 Å². The SMILES string of the molecule is CC1(C(=N)N)CCN(c2ncc(Cl)cc2Cl)CC1. The molecule has 0 saturated carbocycles. The van der Waals surface area contributed by atoms with Crippen LogP contribution >= 0.6 is 23.2 Å². The number of pyridine rings is 1. The van der Waals surface area contributed by atoms with Gasteiger partial charge in [-0.1, -0.05) is 30.1 Å². The fourth-order valence-corrected chi connectivity index (χ4v) is 2.62. The molecule has 0 aromatic carbocycles. The van der Waals surface area contributed by atoms with Crippen molar-refractivity contribution in [2.75, 3.05) is 18.0 Å². The number of nitrogens with zero attached hydrogens (tertiary/aromatic N) is 2. The molecule has 1 aliphatic rings. The maximum atomic E-state index is 7.63. The molecule has 2 heterocycles. The summed E-state index contributed by atoms with van der Waals surface area (Å²) in [4.78, 5) is 6.39. The molecule has 1 aromatic heterocycles. The van der Waals surface area contributed by atoms with Crippen LogP contribution in [0.5, 0.6) is 0 Å². The first-order chi connectivity index (χ1) is 8.42. The molecule has 0 unspecified atom stereocenters. The van der Waals surface area contributed by atoms with Crippen LogP contribution in [0.25, 0.3) is 0 Å². The summed E-state index contributed by atoms with van der Waals surface area (Å²) in [6.07, 6.45) is 3.27. The number of hydrogen-bond donors (Lipinski definition) is 2. The van der Waals surface area contributed by atoms with E-state index in [4.69, 9.17) is 34.3 Å². The average molecular weight is 287 g/mol. The number of amidine groups is 1. The Kier molecular flexibility index (Phi) is 3.69. The number of anilines is 1. The predicted molar refractivity (Wildman–Crippen MR) is 75.7 cm³/mol. The summed E-state index contributed by atoms with van der Waals surface area (Å²) >= 11 is 12.0. The number of piperidine rings is 1. The molecule has 0 radical (unpaired) electrons. The molecule has 18 heavy (non-hydrogen) atoms. The van der Waals surface area contributed by atoms with E-state index in [1.54, 1.807) is 12.3 Å². The standard InChI is InChI=1S/C12H16Cl2N4/c1-12(11(15)16)2-4-18(5-3-12)10-9(14)6-8(13)7-17-10/h6-7H,2-5H2,1H3,(H3,15,16). The average Bonchev–Trinajstić information content (AvgIpc) is 2.31. The van der Waals surface area contributed by atoms with Gasteiger partial charge in [-0.05, 0) is 18.9 Å². The quantitative estimate of drug-likeness (QED) is 0.649. The lowest BCUT2D eigenvalue weighted by atomic mass is 9.79. The zero-order valence-electron chi connectivity index (χ0n) is 10.2. The van der Waals surface area contributed by atoms with Crippen molar-refractivity contribution in [3.05, 3.63) is 22.3 Å². The Hall–Kier alpha value is -1.000. The molecule has 0 aliphatic carbocycles. The number of nitrogens with one attached hydrogen (secondary N) is 1. The van der Waals surface area contributed by atoms with Crippen LogP contribution in [0.1, 0.15) is 19.8 Å². The summed E-state index contributed by atoms with van der Waals surface area (Å²) in [6, 6.07) is 1.70. The third-order valence-corrected chi connectivity index (χ3v) is 4.09. The summed E-state index contributed by atoms with van der Waals surface area (Å²) in [5.41, 5.74) is 5.44. The predicted octanol–water partition coefficient (Wildman–Crippen LogP) is 2.93. The van der Waals surface area contributed by atoms with Crippen molar-refractivity contribution in [3.8, 4) is 0 Å². The van der Waals surface area contributed by atoms with Crippen LogP contribution in [0.4, 0.5) is 5.82 Å². The number of aromatic nitrogens is 1. The lowest BCUT2D eigenvalue weighted by molar-refractivity contribution is 0.350. The fourth-order valence-electron chi connectivity index (χ4n) is 2.12. The second-order valence-electron chi connectivity index (χ2n) is 4.92. The van der Waals surface area contributed by atoms with Crippen molar-refractivity contribution in [1.29, 1.82) is 5.41 Å². The highest BCUT2D eigenvalue weighted by atomic mass is 35.5. The molecule has 1 fully saturated rings. The Bertz CT molecular complexity index is 467. The van der Waals surface area contributed by atoms with E-state index in [2.05, 4.69) is 9.88 Å². The summed E-state index contributed by atoms with van der Waals surface area (Å²) < 4.78 is 0. The van der Waals surface area contributed by atoms with Gasteiger partial charge in [-0.15, -0.1) is 0 Å². The normalized spacial score (nSPS) is 18.7. The zero-order valence-corrected chi connectivity index (χ0v) is 11.7.